The number of aromatic hydroxyl groups is 1. The molecule has 16 heavy (non-hydrogen) atoms. The topological polar surface area (TPSA) is 91.7 Å². The Bertz CT molecular complexity index is 473. The van der Waals surface area contributed by atoms with Gasteiger partial charge in [-0.25, -0.2) is 4.79 Å². The van der Waals surface area contributed by atoms with Gasteiger partial charge in [0.05, 0.1) is 0 Å². The Balaban J connectivity index is 2.83. The van der Waals surface area contributed by atoms with Crippen LogP contribution in [0.25, 0.3) is 6.08 Å². The number of hydrogen-bond donors (Lipinski definition) is 2. The van der Waals surface area contributed by atoms with Crippen molar-refractivity contribution >= 4 is 23.6 Å². The average Bonchev–Trinajstić information content (AvgIpc) is 2.26. The molecule has 0 bridgehead atoms. The monoisotopic (exact) mass is 220 g/mol. The first-order chi connectivity index (χ1) is 7.52. The van der Waals surface area contributed by atoms with Crippen LogP contribution in [0.4, 0.5) is 0 Å². The zero-order valence-electron chi connectivity index (χ0n) is 8.08. The Labute approximate surface area is 90.6 Å². The molecule has 0 saturated carbocycles. The maximum Gasteiger partial charge on any atom is 0.380 e. The molecule has 0 spiro atoms. The average molecular weight is 220 g/mol. The first-order valence-electron chi connectivity index (χ1n) is 4.30. The fourth-order valence-electron chi connectivity index (χ4n) is 0.975. The van der Waals surface area contributed by atoms with Crippen LogP contribution in [-0.4, -0.2) is 27.7 Å². The van der Waals surface area contributed by atoms with Gasteiger partial charge >= 0.3 is 11.8 Å². The van der Waals surface area contributed by atoms with E-state index in [-0.39, 0.29) is 5.75 Å². The highest BCUT2D eigenvalue weighted by atomic mass is 16.4. The van der Waals surface area contributed by atoms with E-state index in [1.54, 1.807) is 12.1 Å². The standard InChI is InChI=1S/C11H8O5/c12-8-4-2-1-3-7(8)5-6-9(13)10(14)11(15)16/h1-6,12H,(H,15,16). The normalized spacial score (nSPS) is 10.2. The molecule has 2 N–H and O–H groups in total. The van der Waals surface area contributed by atoms with E-state index < -0.39 is 17.5 Å². The van der Waals surface area contributed by atoms with Crippen molar-refractivity contribution in [3.8, 4) is 5.75 Å². The molecular formula is C11H8O5. The van der Waals surface area contributed by atoms with Crippen LogP contribution in [-0.2, 0) is 14.4 Å². The van der Waals surface area contributed by atoms with Crippen molar-refractivity contribution in [1.82, 2.24) is 0 Å². The molecule has 0 aromatic heterocycles. The third kappa shape index (κ3) is 2.78. The van der Waals surface area contributed by atoms with E-state index in [4.69, 9.17) is 5.11 Å². The minimum Gasteiger partial charge on any atom is -0.507 e. The number of phenolic OH excluding ortho intramolecular Hbond substituents is 1. The molecule has 0 radical (unpaired) electrons. The molecule has 0 fully saturated rings. The second kappa shape index (κ2) is 4.88. The van der Waals surface area contributed by atoms with Crippen LogP contribution in [0.5, 0.6) is 5.75 Å². The van der Waals surface area contributed by atoms with E-state index in [0.29, 0.717) is 5.56 Å². The van der Waals surface area contributed by atoms with Crippen LogP contribution >= 0.6 is 0 Å². The van der Waals surface area contributed by atoms with Crippen LogP contribution < -0.4 is 0 Å². The number of rotatable bonds is 4. The Morgan fingerprint density at radius 2 is 1.75 bits per heavy atom. The summed E-state index contributed by atoms with van der Waals surface area (Å²) >= 11 is 0. The highest BCUT2D eigenvalue weighted by Gasteiger charge is 2.18. The van der Waals surface area contributed by atoms with Gasteiger partial charge in [-0.15, -0.1) is 0 Å². The van der Waals surface area contributed by atoms with Crippen molar-refractivity contribution in [2.75, 3.05) is 0 Å². The second-order valence-corrected chi connectivity index (χ2v) is 2.89. The van der Waals surface area contributed by atoms with Crippen LogP contribution in [0.3, 0.4) is 0 Å². The number of ketones is 2. The molecule has 0 aliphatic heterocycles. The number of carboxylic acid groups (broad SMARTS) is 1. The molecule has 0 atom stereocenters. The van der Waals surface area contributed by atoms with E-state index in [1.807, 2.05) is 0 Å². The molecule has 0 aliphatic carbocycles. The summed E-state index contributed by atoms with van der Waals surface area (Å²) in [4.78, 5) is 31.8. The second-order valence-electron chi connectivity index (χ2n) is 2.89. The van der Waals surface area contributed by atoms with Crippen molar-refractivity contribution in [3.63, 3.8) is 0 Å². The van der Waals surface area contributed by atoms with E-state index in [0.717, 1.165) is 6.08 Å². The summed E-state index contributed by atoms with van der Waals surface area (Å²) in [5.74, 6) is -4.51. The third-order valence-electron chi connectivity index (χ3n) is 1.77. The number of carbonyl (C=O) groups excluding carboxylic acids is 2. The summed E-state index contributed by atoms with van der Waals surface area (Å²) in [5.41, 5.74) is 0.328. The van der Waals surface area contributed by atoms with Crippen molar-refractivity contribution < 1.29 is 24.6 Å². The summed E-state index contributed by atoms with van der Waals surface area (Å²) in [7, 11) is 0. The number of carbonyl (C=O) groups is 3. The molecular weight excluding hydrogens is 212 g/mol. The van der Waals surface area contributed by atoms with E-state index in [1.165, 1.54) is 18.2 Å². The van der Waals surface area contributed by atoms with Crippen molar-refractivity contribution in [1.29, 1.82) is 0 Å². The smallest absolute Gasteiger partial charge is 0.380 e. The third-order valence-corrected chi connectivity index (χ3v) is 1.77. The number of para-hydroxylation sites is 1. The number of benzene rings is 1. The van der Waals surface area contributed by atoms with E-state index >= 15 is 0 Å². The van der Waals surface area contributed by atoms with Crippen LogP contribution in [0.1, 0.15) is 5.56 Å². The number of Topliss-reactive ketones (excluding diaryl/α,β-unsaturated/α-hetero) is 1. The van der Waals surface area contributed by atoms with Gasteiger partial charge < -0.3 is 10.2 Å². The first-order valence-corrected chi connectivity index (χ1v) is 4.30. The number of hydrogen-bond acceptors (Lipinski definition) is 4. The molecule has 82 valence electrons. The fourth-order valence-corrected chi connectivity index (χ4v) is 0.975. The molecule has 0 saturated heterocycles. The van der Waals surface area contributed by atoms with Gasteiger partial charge in [0.25, 0.3) is 0 Å². The molecule has 5 nitrogen and oxygen atoms in total. The Morgan fingerprint density at radius 1 is 1.12 bits per heavy atom. The summed E-state index contributed by atoms with van der Waals surface area (Å²) in [6, 6.07) is 6.15. The van der Waals surface area contributed by atoms with E-state index in [2.05, 4.69) is 0 Å². The number of phenols is 1. The highest BCUT2D eigenvalue weighted by molar-refractivity contribution is 6.64. The van der Waals surface area contributed by atoms with Crippen LogP contribution in [0.2, 0.25) is 0 Å². The Kier molecular flexibility index (Phi) is 3.55. The molecule has 1 aromatic carbocycles. The molecule has 1 aromatic rings. The predicted octanol–water partition coefficient (Wildman–Crippen LogP) is 0.628. The Morgan fingerprint density at radius 3 is 2.31 bits per heavy atom. The van der Waals surface area contributed by atoms with Gasteiger partial charge in [0.1, 0.15) is 5.75 Å². The molecule has 0 unspecified atom stereocenters. The largest absolute Gasteiger partial charge is 0.507 e. The molecule has 0 heterocycles. The van der Waals surface area contributed by atoms with Gasteiger partial charge in [-0.2, -0.15) is 0 Å². The minimum atomic E-state index is -1.80. The zero-order valence-corrected chi connectivity index (χ0v) is 8.08. The lowest BCUT2D eigenvalue weighted by Gasteiger charge is -1.96. The lowest BCUT2D eigenvalue weighted by atomic mass is 10.1. The van der Waals surface area contributed by atoms with Crippen LogP contribution in [0.15, 0.2) is 30.3 Å². The van der Waals surface area contributed by atoms with Crippen molar-refractivity contribution in [2.24, 2.45) is 0 Å². The van der Waals surface area contributed by atoms with E-state index in [9.17, 15) is 19.5 Å². The maximum absolute atomic E-state index is 11.0. The molecule has 0 aliphatic rings. The summed E-state index contributed by atoms with van der Waals surface area (Å²) < 4.78 is 0. The Hall–Kier alpha value is -2.43. The number of allylic oxidation sites excluding steroid dienone is 1. The van der Waals surface area contributed by atoms with Crippen molar-refractivity contribution in [3.05, 3.63) is 35.9 Å². The van der Waals surface area contributed by atoms with Gasteiger partial charge in [-0.05, 0) is 18.2 Å². The quantitative estimate of drug-likeness (QED) is 0.441. The van der Waals surface area contributed by atoms with Gasteiger partial charge in [0.2, 0.25) is 5.78 Å². The predicted molar refractivity (Wildman–Crippen MR) is 54.8 cm³/mol. The fraction of sp³-hybridized carbons (Fsp3) is 0. The SMILES string of the molecule is O=C(O)C(=O)C(=O)C=Cc1ccccc1O. The minimum absolute atomic E-state index is 0.0608. The lowest BCUT2D eigenvalue weighted by molar-refractivity contribution is -0.151. The van der Waals surface area contributed by atoms with Gasteiger partial charge in [0, 0.05) is 5.56 Å². The van der Waals surface area contributed by atoms with Crippen molar-refractivity contribution in [2.45, 2.75) is 0 Å². The molecule has 5 heteroatoms. The number of aliphatic carboxylic acids is 1. The van der Waals surface area contributed by atoms with Gasteiger partial charge in [-0.3, -0.25) is 9.59 Å². The summed E-state index contributed by atoms with van der Waals surface area (Å²) in [6.45, 7) is 0. The maximum atomic E-state index is 11.0. The number of carboxylic acids is 1. The lowest BCUT2D eigenvalue weighted by Crippen LogP contribution is -2.21. The van der Waals surface area contributed by atoms with Gasteiger partial charge in [-0.1, -0.05) is 18.2 Å². The molecule has 0 amide bonds. The highest BCUT2D eigenvalue weighted by Crippen LogP contribution is 2.16. The zero-order chi connectivity index (χ0) is 12.1. The van der Waals surface area contributed by atoms with Crippen LogP contribution in [0, 0.1) is 0 Å². The summed E-state index contributed by atoms with van der Waals surface area (Å²) in [5, 5.41) is 17.6. The first kappa shape index (κ1) is 11.6. The molecule has 1 rings (SSSR count). The summed E-state index contributed by atoms with van der Waals surface area (Å²) in [6.07, 6.45) is 1.99. The van der Waals surface area contributed by atoms with Gasteiger partial charge in [0.15, 0.2) is 0 Å².